The van der Waals surface area contributed by atoms with Crippen LogP contribution in [0.4, 0.5) is 5.00 Å². The van der Waals surface area contributed by atoms with Crippen molar-refractivity contribution in [3.63, 3.8) is 0 Å². The molecule has 0 radical (unpaired) electrons. The molecule has 0 bridgehead atoms. The molecule has 0 saturated carbocycles. The zero-order valence-corrected chi connectivity index (χ0v) is 19.0. The van der Waals surface area contributed by atoms with Crippen molar-refractivity contribution in [3.8, 4) is 10.6 Å². The molecule has 5 rings (SSSR count). The number of likely N-dealkylation sites (tertiary alicyclic amines) is 1. The number of fused-ring (bicyclic) bond motifs is 2. The predicted molar refractivity (Wildman–Crippen MR) is 122 cm³/mol. The number of thiazole rings is 1. The molecule has 2 aromatic heterocycles. The molecule has 1 saturated heterocycles. The van der Waals surface area contributed by atoms with E-state index >= 15 is 0 Å². The molecule has 1 aromatic carbocycles. The summed E-state index contributed by atoms with van der Waals surface area (Å²) in [4.78, 5) is 57.1. The van der Waals surface area contributed by atoms with Crippen LogP contribution in [0.15, 0.2) is 24.3 Å². The van der Waals surface area contributed by atoms with E-state index in [0.717, 1.165) is 36.1 Å². The van der Waals surface area contributed by atoms with Gasteiger partial charge in [0.1, 0.15) is 16.6 Å². The highest BCUT2D eigenvalue weighted by Crippen LogP contribution is 2.45. The fourth-order valence-electron chi connectivity index (χ4n) is 4.07. The maximum atomic E-state index is 12.8. The second-order valence-corrected chi connectivity index (χ2v) is 9.94. The zero-order valence-electron chi connectivity index (χ0n) is 17.3. The highest BCUT2D eigenvalue weighted by molar-refractivity contribution is 7.22. The summed E-state index contributed by atoms with van der Waals surface area (Å²) < 4.78 is 1.05. The molecular weight excluding hydrogens is 448 g/mol. The van der Waals surface area contributed by atoms with Gasteiger partial charge in [0.25, 0.3) is 0 Å². The van der Waals surface area contributed by atoms with E-state index in [2.05, 4.69) is 5.32 Å². The third-order valence-corrected chi connectivity index (χ3v) is 7.91. The van der Waals surface area contributed by atoms with Crippen LogP contribution in [0.2, 0.25) is 0 Å². The monoisotopic (exact) mass is 468 g/mol. The Hall–Kier alpha value is -3.11. The molecule has 3 aromatic rings. The Kier molecular flexibility index (Phi) is 5.26. The van der Waals surface area contributed by atoms with Crippen molar-refractivity contribution in [2.24, 2.45) is 0 Å². The molecular formula is C22H20N4O4S2. The standard InChI is InChI=1S/C22H20N4O4S2/c1-12(27)25-9-8-13-16(10-25)32-22(24-17(28)11-26-18(29)6-7-19(26)30)20(13)21-23-14-4-2-3-5-15(14)31-21/h2-5H,6-11H2,1H3,(H,24,28). The average Bonchev–Trinajstić information content (AvgIpc) is 3.43. The van der Waals surface area contributed by atoms with Crippen molar-refractivity contribution in [3.05, 3.63) is 34.7 Å². The highest BCUT2D eigenvalue weighted by Gasteiger charge is 2.32. The van der Waals surface area contributed by atoms with E-state index in [4.69, 9.17) is 4.98 Å². The predicted octanol–water partition coefficient (Wildman–Crippen LogP) is 3.02. The van der Waals surface area contributed by atoms with Crippen molar-refractivity contribution in [2.75, 3.05) is 18.4 Å². The van der Waals surface area contributed by atoms with Gasteiger partial charge < -0.3 is 10.2 Å². The van der Waals surface area contributed by atoms with Crippen LogP contribution in [0.5, 0.6) is 0 Å². The van der Waals surface area contributed by atoms with Crippen molar-refractivity contribution in [1.82, 2.24) is 14.8 Å². The van der Waals surface area contributed by atoms with Crippen LogP contribution < -0.4 is 5.32 Å². The first kappa shape index (κ1) is 20.8. The number of hydrogen-bond donors (Lipinski definition) is 1. The van der Waals surface area contributed by atoms with Gasteiger partial charge in [0, 0.05) is 36.8 Å². The smallest absolute Gasteiger partial charge is 0.245 e. The van der Waals surface area contributed by atoms with Gasteiger partial charge in [0.2, 0.25) is 23.6 Å². The molecule has 0 aliphatic carbocycles. The van der Waals surface area contributed by atoms with Crippen LogP contribution in [0.25, 0.3) is 20.8 Å². The lowest BCUT2D eigenvalue weighted by atomic mass is 10.0. The number of anilines is 1. The van der Waals surface area contributed by atoms with Crippen molar-refractivity contribution < 1.29 is 19.2 Å². The summed E-state index contributed by atoms with van der Waals surface area (Å²) in [6.07, 6.45) is 0.976. The minimum atomic E-state index is -0.419. The summed E-state index contributed by atoms with van der Waals surface area (Å²) in [5.74, 6) is -1.04. The van der Waals surface area contributed by atoms with E-state index in [0.29, 0.717) is 24.5 Å². The molecule has 32 heavy (non-hydrogen) atoms. The molecule has 1 N–H and O–H groups in total. The summed E-state index contributed by atoms with van der Waals surface area (Å²) in [6.45, 7) is 2.37. The zero-order chi connectivity index (χ0) is 22.4. The van der Waals surface area contributed by atoms with E-state index in [1.807, 2.05) is 24.3 Å². The van der Waals surface area contributed by atoms with Crippen molar-refractivity contribution in [2.45, 2.75) is 32.7 Å². The van der Waals surface area contributed by atoms with E-state index < -0.39 is 5.91 Å². The first-order chi connectivity index (χ1) is 15.4. The lowest BCUT2D eigenvalue weighted by Gasteiger charge is -2.26. The van der Waals surface area contributed by atoms with Gasteiger partial charge in [0.15, 0.2) is 0 Å². The summed E-state index contributed by atoms with van der Waals surface area (Å²) in [5, 5.41) is 4.37. The number of para-hydroxylation sites is 1. The topological polar surface area (TPSA) is 99.7 Å². The Morgan fingerprint density at radius 2 is 1.84 bits per heavy atom. The number of nitrogens with one attached hydrogen (secondary N) is 1. The van der Waals surface area contributed by atoms with Gasteiger partial charge >= 0.3 is 0 Å². The average molecular weight is 469 g/mol. The number of aromatic nitrogens is 1. The van der Waals surface area contributed by atoms with Gasteiger partial charge in [-0.05, 0) is 24.1 Å². The number of carbonyl (C=O) groups excluding carboxylic acids is 4. The Labute approximate surface area is 191 Å². The van der Waals surface area contributed by atoms with Crippen molar-refractivity contribution >= 4 is 61.5 Å². The quantitative estimate of drug-likeness (QED) is 0.594. The van der Waals surface area contributed by atoms with Crippen LogP contribution in [0, 0.1) is 0 Å². The van der Waals surface area contributed by atoms with Gasteiger partial charge in [-0.1, -0.05) is 12.1 Å². The number of hydrogen-bond acceptors (Lipinski definition) is 7. The largest absolute Gasteiger partial charge is 0.337 e. The molecule has 0 unspecified atom stereocenters. The fraction of sp³-hybridized carbons (Fsp3) is 0.318. The summed E-state index contributed by atoms with van der Waals surface area (Å²) in [6, 6.07) is 7.86. The molecule has 164 valence electrons. The number of amides is 4. The van der Waals surface area contributed by atoms with Gasteiger partial charge in [-0.2, -0.15) is 0 Å². The number of nitrogens with zero attached hydrogens (tertiary/aromatic N) is 3. The first-order valence-electron chi connectivity index (χ1n) is 10.3. The van der Waals surface area contributed by atoms with Crippen LogP contribution >= 0.6 is 22.7 Å². The van der Waals surface area contributed by atoms with Crippen LogP contribution in [-0.2, 0) is 32.1 Å². The Morgan fingerprint density at radius 1 is 1.09 bits per heavy atom. The first-order valence-corrected chi connectivity index (χ1v) is 11.9. The van der Waals surface area contributed by atoms with E-state index in [9.17, 15) is 19.2 Å². The summed E-state index contributed by atoms with van der Waals surface area (Å²) in [7, 11) is 0. The van der Waals surface area contributed by atoms with E-state index in [1.165, 1.54) is 11.3 Å². The Bertz CT molecular complexity index is 1230. The summed E-state index contributed by atoms with van der Waals surface area (Å²) >= 11 is 2.98. The van der Waals surface area contributed by atoms with Crippen LogP contribution in [0.3, 0.4) is 0 Å². The Balaban J connectivity index is 1.51. The maximum Gasteiger partial charge on any atom is 0.245 e. The minimum absolute atomic E-state index is 0.0160. The molecule has 8 nitrogen and oxygen atoms in total. The van der Waals surface area contributed by atoms with E-state index in [-0.39, 0.29) is 37.1 Å². The third kappa shape index (κ3) is 3.69. The third-order valence-electron chi connectivity index (χ3n) is 5.72. The second kappa shape index (κ2) is 8.10. The van der Waals surface area contributed by atoms with Gasteiger partial charge in [-0.3, -0.25) is 24.1 Å². The maximum absolute atomic E-state index is 12.8. The number of benzene rings is 1. The van der Waals surface area contributed by atoms with Crippen molar-refractivity contribution in [1.29, 1.82) is 0 Å². The van der Waals surface area contributed by atoms with E-state index in [1.54, 1.807) is 23.2 Å². The minimum Gasteiger partial charge on any atom is -0.337 e. The van der Waals surface area contributed by atoms with Gasteiger partial charge in [-0.25, -0.2) is 4.98 Å². The number of carbonyl (C=O) groups is 4. The summed E-state index contributed by atoms with van der Waals surface area (Å²) in [5.41, 5.74) is 2.86. The molecule has 1 fully saturated rings. The fourth-order valence-corrected chi connectivity index (χ4v) is 6.46. The lowest BCUT2D eigenvalue weighted by molar-refractivity contribution is -0.141. The number of imide groups is 1. The molecule has 2 aliphatic rings. The molecule has 0 spiro atoms. The van der Waals surface area contributed by atoms with Crippen LogP contribution in [-0.4, -0.2) is 51.5 Å². The van der Waals surface area contributed by atoms with Gasteiger partial charge in [0.05, 0.1) is 16.8 Å². The number of rotatable bonds is 4. The van der Waals surface area contributed by atoms with Crippen LogP contribution in [0.1, 0.15) is 30.2 Å². The molecule has 10 heteroatoms. The Morgan fingerprint density at radius 3 is 2.56 bits per heavy atom. The second-order valence-electron chi connectivity index (χ2n) is 7.81. The molecule has 4 amide bonds. The highest BCUT2D eigenvalue weighted by atomic mass is 32.1. The molecule has 2 aliphatic heterocycles. The lowest BCUT2D eigenvalue weighted by Crippen LogP contribution is -2.36. The number of thiophene rings is 1. The van der Waals surface area contributed by atoms with Gasteiger partial charge in [-0.15, -0.1) is 22.7 Å². The SMILES string of the molecule is CC(=O)N1CCc2c(sc(NC(=O)CN3C(=O)CCC3=O)c2-c2nc3ccccc3s2)C1. The normalized spacial score (nSPS) is 16.0. The molecule has 0 atom stereocenters. The molecule has 4 heterocycles.